The monoisotopic (exact) mass is 471 g/mol. The molecular weight excluding hydrogens is 434 g/mol. The molecule has 1 aromatic rings. The molecular formula is C25H37N5O2S. The second kappa shape index (κ2) is 12.8. The first-order valence-corrected chi connectivity index (χ1v) is 13.4. The zero-order valence-corrected chi connectivity index (χ0v) is 21.2. The standard InChI is InChI=1S/C14H17N3.C11H20N2O2S/c1-3-11(9-15-2)14-12-7-5-4-6-8-13(12)16-10-17-14;1-3-5-6-11(7-8-12)9-13(10-11)16(14,15)4-2/h3,5,7,9-10H,4,6,8H2,1-2H3;3-7,9-10H2,1-2H3/b11-3+,15-9?;. The van der Waals surface area contributed by atoms with Crippen molar-refractivity contribution in [2.24, 2.45) is 10.4 Å². The third-order valence-electron chi connectivity index (χ3n) is 6.18. The fraction of sp³-hybridized carbons (Fsp3) is 0.600. The Morgan fingerprint density at radius 1 is 1.33 bits per heavy atom. The normalized spacial score (nSPS) is 18.0. The number of aromatic nitrogens is 2. The van der Waals surface area contributed by atoms with Gasteiger partial charge in [-0.25, -0.2) is 22.7 Å². The number of nitrogens with zero attached hydrogens (tertiary/aromatic N) is 5. The Labute approximate surface area is 199 Å². The van der Waals surface area contributed by atoms with Gasteiger partial charge in [-0.1, -0.05) is 38.0 Å². The van der Waals surface area contributed by atoms with Gasteiger partial charge in [-0.15, -0.1) is 0 Å². The van der Waals surface area contributed by atoms with Crippen molar-refractivity contribution in [1.29, 1.82) is 5.26 Å². The Bertz CT molecular complexity index is 1020. The van der Waals surface area contributed by atoms with Gasteiger partial charge < -0.3 is 0 Å². The Morgan fingerprint density at radius 3 is 2.70 bits per heavy atom. The number of allylic oxidation sites excluding steroid dienone is 3. The molecule has 0 aromatic carbocycles. The molecule has 7 nitrogen and oxygen atoms in total. The summed E-state index contributed by atoms with van der Waals surface area (Å²) >= 11 is 0. The summed E-state index contributed by atoms with van der Waals surface area (Å²) in [5.74, 6) is 0.156. The number of aryl methyl sites for hydroxylation is 1. The SMILES string of the molecule is C/C=C(\C=NC)c1ncnc2c1C=CCCC2.CCCCC1(CC#N)CN(S(=O)(=O)CC)C1. The van der Waals surface area contributed by atoms with Crippen LogP contribution in [0.25, 0.3) is 11.6 Å². The fourth-order valence-corrected chi connectivity index (χ4v) is 5.50. The first-order chi connectivity index (χ1) is 15.9. The van der Waals surface area contributed by atoms with Gasteiger partial charge in [0.15, 0.2) is 0 Å². The van der Waals surface area contributed by atoms with E-state index in [1.807, 2.05) is 19.2 Å². The van der Waals surface area contributed by atoms with Crippen molar-refractivity contribution in [2.75, 3.05) is 25.9 Å². The van der Waals surface area contributed by atoms with Crippen molar-refractivity contribution >= 4 is 27.9 Å². The summed E-state index contributed by atoms with van der Waals surface area (Å²) < 4.78 is 24.7. The summed E-state index contributed by atoms with van der Waals surface area (Å²) in [5, 5.41) is 8.79. The molecule has 0 unspecified atom stereocenters. The molecule has 2 heterocycles. The lowest BCUT2D eigenvalue weighted by atomic mass is 9.75. The maximum absolute atomic E-state index is 11.6. The molecule has 3 rings (SSSR count). The molecule has 0 atom stereocenters. The van der Waals surface area contributed by atoms with Crippen molar-refractivity contribution in [3.05, 3.63) is 35.4 Å². The van der Waals surface area contributed by atoms with E-state index in [1.165, 1.54) is 4.31 Å². The molecule has 0 bridgehead atoms. The van der Waals surface area contributed by atoms with Crippen molar-refractivity contribution < 1.29 is 8.42 Å². The Kier molecular flexibility index (Phi) is 10.4. The number of unbranched alkanes of at least 4 members (excludes halogenated alkanes) is 1. The topological polar surface area (TPSA) is 99.3 Å². The molecule has 1 fully saturated rings. The highest BCUT2D eigenvalue weighted by Crippen LogP contribution is 2.40. The summed E-state index contributed by atoms with van der Waals surface area (Å²) in [5.41, 5.74) is 4.28. The summed E-state index contributed by atoms with van der Waals surface area (Å²) in [4.78, 5) is 12.9. The first kappa shape index (κ1) is 26.9. The molecule has 0 amide bonds. The van der Waals surface area contributed by atoms with Crippen molar-refractivity contribution in [1.82, 2.24) is 14.3 Å². The minimum atomic E-state index is -3.05. The van der Waals surface area contributed by atoms with Crippen LogP contribution in [-0.2, 0) is 16.4 Å². The van der Waals surface area contributed by atoms with Crippen LogP contribution < -0.4 is 0 Å². The maximum Gasteiger partial charge on any atom is 0.213 e. The molecule has 0 spiro atoms. The predicted octanol–water partition coefficient (Wildman–Crippen LogP) is 4.67. The number of aliphatic imine (C=N–C) groups is 1. The average molecular weight is 472 g/mol. The smallest absolute Gasteiger partial charge is 0.213 e. The van der Waals surface area contributed by atoms with E-state index in [1.54, 1.807) is 20.3 Å². The summed E-state index contributed by atoms with van der Waals surface area (Å²) in [7, 11) is -1.27. The number of sulfonamides is 1. The van der Waals surface area contributed by atoms with Crippen LogP contribution in [0.2, 0.25) is 0 Å². The average Bonchev–Trinajstić information content (AvgIpc) is 3.05. The number of nitriles is 1. The van der Waals surface area contributed by atoms with E-state index in [-0.39, 0.29) is 11.2 Å². The van der Waals surface area contributed by atoms with Gasteiger partial charge in [0.2, 0.25) is 10.0 Å². The second-order valence-corrected chi connectivity index (χ2v) is 10.9. The molecule has 180 valence electrons. The molecule has 33 heavy (non-hydrogen) atoms. The number of rotatable bonds is 8. The third-order valence-corrected chi connectivity index (χ3v) is 7.96. The van der Waals surface area contributed by atoms with Crippen LogP contribution in [0.4, 0.5) is 0 Å². The second-order valence-electron chi connectivity index (χ2n) is 8.62. The minimum absolute atomic E-state index is 0.0625. The van der Waals surface area contributed by atoms with Gasteiger partial charge in [0.25, 0.3) is 0 Å². The van der Waals surface area contributed by atoms with E-state index in [0.717, 1.165) is 61.0 Å². The Balaban J connectivity index is 0.000000234. The van der Waals surface area contributed by atoms with Gasteiger partial charge in [0.1, 0.15) is 6.33 Å². The van der Waals surface area contributed by atoms with Gasteiger partial charge in [-0.3, -0.25) is 4.99 Å². The molecule has 0 N–H and O–H groups in total. The van der Waals surface area contributed by atoms with Crippen molar-refractivity contribution in [3.8, 4) is 6.07 Å². The number of hydrogen-bond donors (Lipinski definition) is 0. The maximum atomic E-state index is 11.6. The van der Waals surface area contributed by atoms with Crippen LogP contribution in [0.15, 0.2) is 23.5 Å². The molecule has 1 aliphatic carbocycles. The van der Waals surface area contributed by atoms with Gasteiger partial charge in [0, 0.05) is 49.3 Å². The van der Waals surface area contributed by atoms with E-state index < -0.39 is 10.0 Å². The molecule has 1 aromatic heterocycles. The van der Waals surface area contributed by atoms with E-state index in [4.69, 9.17) is 5.26 Å². The first-order valence-electron chi connectivity index (χ1n) is 11.8. The van der Waals surface area contributed by atoms with Crippen LogP contribution in [-0.4, -0.2) is 54.8 Å². The molecule has 0 saturated carbocycles. The van der Waals surface area contributed by atoms with E-state index in [0.29, 0.717) is 19.5 Å². The highest BCUT2D eigenvalue weighted by Gasteiger charge is 2.46. The van der Waals surface area contributed by atoms with E-state index in [9.17, 15) is 8.42 Å². The van der Waals surface area contributed by atoms with Gasteiger partial charge in [0.05, 0.1) is 23.2 Å². The Hall–Kier alpha value is -2.37. The van der Waals surface area contributed by atoms with Crippen LogP contribution >= 0.6 is 0 Å². The van der Waals surface area contributed by atoms with Crippen LogP contribution in [0.5, 0.6) is 0 Å². The predicted molar refractivity (Wildman–Crippen MR) is 135 cm³/mol. The highest BCUT2D eigenvalue weighted by atomic mass is 32.2. The molecule has 1 saturated heterocycles. The zero-order chi connectivity index (χ0) is 24.3. The summed E-state index contributed by atoms with van der Waals surface area (Å²) in [6, 6.07) is 2.19. The summed E-state index contributed by atoms with van der Waals surface area (Å²) in [6.45, 7) is 6.85. The molecule has 0 radical (unpaired) electrons. The quantitative estimate of drug-likeness (QED) is 0.513. The minimum Gasteiger partial charge on any atom is -0.296 e. The van der Waals surface area contributed by atoms with E-state index in [2.05, 4.69) is 40.1 Å². The Morgan fingerprint density at radius 2 is 2.09 bits per heavy atom. The van der Waals surface area contributed by atoms with Crippen LogP contribution in [0.3, 0.4) is 0 Å². The van der Waals surface area contributed by atoms with Crippen LogP contribution in [0.1, 0.15) is 76.2 Å². The molecule has 8 heteroatoms. The summed E-state index contributed by atoms with van der Waals surface area (Å²) in [6.07, 6.45) is 16.8. The zero-order valence-electron chi connectivity index (χ0n) is 20.4. The number of hydrogen-bond acceptors (Lipinski definition) is 6. The van der Waals surface area contributed by atoms with Crippen molar-refractivity contribution in [2.45, 2.75) is 65.7 Å². The van der Waals surface area contributed by atoms with Crippen molar-refractivity contribution in [3.63, 3.8) is 0 Å². The van der Waals surface area contributed by atoms with Gasteiger partial charge in [-0.05, 0) is 39.5 Å². The largest absolute Gasteiger partial charge is 0.296 e. The van der Waals surface area contributed by atoms with E-state index >= 15 is 0 Å². The molecule has 1 aliphatic heterocycles. The fourth-order valence-electron chi connectivity index (χ4n) is 4.20. The third kappa shape index (κ3) is 7.05. The number of fused-ring (bicyclic) bond motifs is 1. The van der Waals surface area contributed by atoms with Crippen LogP contribution in [0, 0.1) is 16.7 Å². The van der Waals surface area contributed by atoms with Gasteiger partial charge >= 0.3 is 0 Å². The van der Waals surface area contributed by atoms with Gasteiger partial charge in [-0.2, -0.15) is 5.26 Å². The molecule has 2 aliphatic rings. The lowest BCUT2D eigenvalue weighted by Gasteiger charge is -2.48. The lowest BCUT2D eigenvalue weighted by Crippen LogP contribution is -2.58. The lowest BCUT2D eigenvalue weighted by molar-refractivity contribution is 0.0628. The highest BCUT2D eigenvalue weighted by molar-refractivity contribution is 7.89.